The van der Waals surface area contributed by atoms with Crippen LogP contribution in [0.4, 0.5) is 0 Å². The van der Waals surface area contributed by atoms with Crippen LogP contribution in [0.5, 0.6) is 0 Å². The van der Waals surface area contributed by atoms with E-state index < -0.39 is 17.9 Å². The molecule has 1 heterocycles. The molecule has 5 nitrogen and oxygen atoms in total. The van der Waals surface area contributed by atoms with Gasteiger partial charge in [0.15, 0.2) is 0 Å². The molecule has 0 saturated carbocycles. The van der Waals surface area contributed by atoms with Gasteiger partial charge in [-0.2, -0.15) is 0 Å². The van der Waals surface area contributed by atoms with Gasteiger partial charge in [0.1, 0.15) is 0 Å². The number of carbonyl (C=O) groups is 1. The summed E-state index contributed by atoms with van der Waals surface area (Å²) in [4.78, 5) is 10.8. The van der Waals surface area contributed by atoms with Crippen LogP contribution in [0.1, 0.15) is 6.42 Å². The molecule has 2 atom stereocenters. The van der Waals surface area contributed by atoms with E-state index in [9.17, 15) is 9.36 Å². The van der Waals surface area contributed by atoms with Gasteiger partial charge >= 0.3 is 69.2 Å². The van der Waals surface area contributed by atoms with Crippen molar-refractivity contribution in [3.05, 3.63) is 0 Å². The standard InChI is InChI=1S/C6H8NO4P/c8-5-4(1-2-12-11)3-7(10)6(5)9/h4-5,8,10H,1,3H2. The number of aliphatic hydroxyl groups excluding tert-OH is 1. The van der Waals surface area contributed by atoms with Gasteiger partial charge in [0.05, 0.1) is 0 Å². The molecule has 0 aromatic carbocycles. The van der Waals surface area contributed by atoms with E-state index in [2.05, 4.69) is 5.63 Å². The first-order chi connectivity index (χ1) is 5.66. The summed E-state index contributed by atoms with van der Waals surface area (Å²) in [6.45, 7) is 0.0719. The molecule has 6 heteroatoms. The van der Waals surface area contributed by atoms with Gasteiger partial charge in [0.25, 0.3) is 0 Å². The van der Waals surface area contributed by atoms with Gasteiger partial charge in [-0.15, -0.1) is 0 Å². The number of rotatable bonds is 1. The normalized spacial score (nSPS) is 28.8. The zero-order valence-electron chi connectivity index (χ0n) is 6.17. The van der Waals surface area contributed by atoms with Crippen LogP contribution in [0.25, 0.3) is 0 Å². The Kier molecular flexibility index (Phi) is 3.06. The van der Waals surface area contributed by atoms with E-state index in [1.54, 1.807) is 0 Å². The minimum absolute atomic E-state index is 0.0719. The third-order valence-corrected chi connectivity index (χ3v) is 2.09. The van der Waals surface area contributed by atoms with Crippen LogP contribution in [0.15, 0.2) is 0 Å². The molecule has 1 aliphatic rings. The monoisotopic (exact) mass is 189 g/mol. The molecule has 12 heavy (non-hydrogen) atoms. The van der Waals surface area contributed by atoms with Crippen LogP contribution in [0, 0.1) is 11.5 Å². The van der Waals surface area contributed by atoms with Gasteiger partial charge in [-0.05, 0) is 0 Å². The van der Waals surface area contributed by atoms with Crippen molar-refractivity contribution in [1.29, 1.82) is 0 Å². The van der Waals surface area contributed by atoms with Crippen LogP contribution in [-0.4, -0.2) is 33.9 Å². The summed E-state index contributed by atoms with van der Waals surface area (Å²) in [5.41, 5.74) is 2.43. The fourth-order valence-electron chi connectivity index (χ4n) is 1.10. The molecule has 1 fully saturated rings. The molecule has 0 aliphatic carbocycles. The predicted molar refractivity (Wildman–Crippen MR) is 39.1 cm³/mol. The number of hydrogen-bond donors (Lipinski definition) is 2. The molecule has 2 unspecified atom stereocenters. The zero-order valence-corrected chi connectivity index (χ0v) is 7.07. The Morgan fingerprint density at radius 3 is 2.83 bits per heavy atom. The number of nitrogens with zero attached hydrogens (tertiary/aromatic N) is 1. The summed E-state index contributed by atoms with van der Waals surface area (Å²) in [6, 6.07) is 0. The topological polar surface area (TPSA) is 77.8 Å². The van der Waals surface area contributed by atoms with Crippen molar-refractivity contribution >= 4 is 13.8 Å². The van der Waals surface area contributed by atoms with Gasteiger partial charge < -0.3 is 0 Å². The maximum atomic E-state index is 10.8. The summed E-state index contributed by atoms with van der Waals surface area (Å²) < 4.78 is 9.97. The van der Waals surface area contributed by atoms with Crippen molar-refractivity contribution in [1.82, 2.24) is 5.06 Å². The van der Waals surface area contributed by atoms with E-state index in [0.29, 0.717) is 5.06 Å². The van der Waals surface area contributed by atoms with Crippen molar-refractivity contribution in [2.75, 3.05) is 6.54 Å². The van der Waals surface area contributed by atoms with Gasteiger partial charge in [-0.3, -0.25) is 0 Å². The molecule has 0 radical (unpaired) electrons. The van der Waals surface area contributed by atoms with Crippen molar-refractivity contribution in [3.63, 3.8) is 0 Å². The molecule has 0 bridgehead atoms. The first-order valence-corrected chi connectivity index (χ1v) is 4.21. The maximum absolute atomic E-state index is 10.8. The Morgan fingerprint density at radius 1 is 1.75 bits per heavy atom. The van der Waals surface area contributed by atoms with Gasteiger partial charge in [-0.25, -0.2) is 0 Å². The summed E-state index contributed by atoms with van der Waals surface area (Å²) in [5.74, 6) is -1.10. The van der Waals surface area contributed by atoms with E-state index in [1.165, 1.54) is 0 Å². The molecule has 1 rings (SSSR count). The van der Waals surface area contributed by atoms with Gasteiger partial charge in [0, 0.05) is 0 Å². The first-order valence-electron chi connectivity index (χ1n) is 3.40. The first kappa shape index (κ1) is 9.49. The molecule has 0 aromatic heterocycles. The van der Waals surface area contributed by atoms with E-state index >= 15 is 0 Å². The van der Waals surface area contributed by atoms with Crippen molar-refractivity contribution in [2.45, 2.75) is 12.5 Å². The number of aliphatic hydroxyl groups is 1. The second-order valence-corrected chi connectivity index (χ2v) is 3.08. The molecule has 0 aromatic rings. The van der Waals surface area contributed by atoms with Crippen LogP contribution >= 0.6 is 7.92 Å². The SMILES string of the molecule is O=P#CCC1CN(O)C(=O)C1O. The molecule has 1 saturated heterocycles. The van der Waals surface area contributed by atoms with E-state index in [-0.39, 0.29) is 20.9 Å². The number of hydroxylamine groups is 2. The average molecular weight is 189 g/mol. The third kappa shape index (κ3) is 1.76. The van der Waals surface area contributed by atoms with Crippen LogP contribution in [0.3, 0.4) is 0 Å². The molecular weight excluding hydrogens is 181 g/mol. The van der Waals surface area contributed by atoms with Gasteiger partial charge in [-0.1, -0.05) is 0 Å². The van der Waals surface area contributed by atoms with Crippen molar-refractivity contribution < 1.29 is 19.7 Å². The number of amides is 1. The fraction of sp³-hybridized carbons (Fsp3) is 0.667. The molecule has 66 valence electrons. The second kappa shape index (κ2) is 3.87. The summed E-state index contributed by atoms with van der Waals surface area (Å²) in [7, 11) is -0.247. The van der Waals surface area contributed by atoms with Crippen LogP contribution in [0.2, 0.25) is 0 Å². The Balaban J connectivity index is 2.62. The summed E-state index contributed by atoms with van der Waals surface area (Å²) in [5, 5.41) is 18.5. The quantitative estimate of drug-likeness (QED) is 0.443. The fourth-order valence-corrected chi connectivity index (χ4v) is 1.41. The number of carbonyl (C=O) groups excluding carboxylic acids is 1. The molecule has 2 N–H and O–H groups in total. The molecule has 1 aliphatic heterocycles. The van der Waals surface area contributed by atoms with Crippen molar-refractivity contribution in [2.24, 2.45) is 5.92 Å². The summed E-state index contributed by atoms with van der Waals surface area (Å²) >= 11 is 0. The molecule has 1 amide bonds. The van der Waals surface area contributed by atoms with Crippen LogP contribution < -0.4 is 0 Å². The Bertz CT molecular complexity index is 285. The van der Waals surface area contributed by atoms with E-state index in [4.69, 9.17) is 10.3 Å². The molecular formula is C6H8NO4P. The third-order valence-electron chi connectivity index (χ3n) is 1.78. The van der Waals surface area contributed by atoms with Crippen molar-refractivity contribution in [3.8, 4) is 5.63 Å². The Labute approximate surface area is 70.1 Å². The minimum atomic E-state index is -1.19. The zero-order chi connectivity index (χ0) is 9.14. The Morgan fingerprint density at radius 2 is 2.42 bits per heavy atom. The van der Waals surface area contributed by atoms with E-state index in [0.717, 1.165) is 0 Å². The second-order valence-electron chi connectivity index (χ2n) is 2.58. The summed E-state index contributed by atoms with van der Waals surface area (Å²) in [6.07, 6.45) is -0.959. The van der Waals surface area contributed by atoms with E-state index in [1.807, 2.05) is 0 Å². The van der Waals surface area contributed by atoms with Crippen LogP contribution in [-0.2, 0) is 9.36 Å². The number of hydrogen-bond acceptors (Lipinski definition) is 4. The molecule has 0 spiro atoms. The Hall–Kier alpha value is -0.600. The van der Waals surface area contributed by atoms with Gasteiger partial charge in [0.2, 0.25) is 0 Å². The average Bonchev–Trinajstić information content (AvgIpc) is 2.30. The predicted octanol–water partition coefficient (Wildman–Crippen LogP) is -0.164.